The summed E-state index contributed by atoms with van der Waals surface area (Å²) in [5.74, 6) is 0.985. The summed E-state index contributed by atoms with van der Waals surface area (Å²) in [5.41, 5.74) is 3.69. The number of rotatable bonds is 7. The number of benzene rings is 2. The van der Waals surface area contributed by atoms with Gasteiger partial charge in [0.1, 0.15) is 23.7 Å². The van der Waals surface area contributed by atoms with Crippen LogP contribution in [0.5, 0.6) is 11.5 Å². The van der Waals surface area contributed by atoms with Gasteiger partial charge < -0.3 is 18.6 Å². The molecule has 0 atom stereocenters. The van der Waals surface area contributed by atoms with Gasteiger partial charge in [-0.1, -0.05) is 0 Å². The van der Waals surface area contributed by atoms with Crippen molar-refractivity contribution >= 4 is 16.9 Å². The van der Waals surface area contributed by atoms with Crippen LogP contribution in [-0.2, 0) is 22.6 Å². The van der Waals surface area contributed by atoms with E-state index in [1.165, 1.54) is 6.07 Å². The molecule has 0 fully saturated rings. The number of aryl methyl sites for hydroxylation is 3. The minimum Gasteiger partial charge on any atom is -0.497 e. The van der Waals surface area contributed by atoms with Crippen LogP contribution in [0, 0.1) is 13.8 Å². The maximum absolute atomic E-state index is 12.3. The van der Waals surface area contributed by atoms with Crippen molar-refractivity contribution in [3.8, 4) is 11.5 Å². The van der Waals surface area contributed by atoms with E-state index in [4.69, 9.17) is 18.6 Å². The first-order valence-corrected chi connectivity index (χ1v) is 9.31. The molecular weight excluding hydrogens is 372 g/mol. The number of esters is 1. The molecule has 6 nitrogen and oxygen atoms in total. The van der Waals surface area contributed by atoms with Gasteiger partial charge in [-0.2, -0.15) is 0 Å². The lowest BCUT2D eigenvalue weighted by Crippen LogP contribution is -2.08. The van der Waals surface area contributed by atoms with Crippen LogP contribution < -0.4 is 15.1 Å². The second-order valence-electron chi connectivity index (χ2n) is 6.90. The zero-order valence-corrected chi connectivity index (χ0v) is 17.0. The molecule has 0 amide bonds. The van der Waals surface area contributed by atoms with Crippen molar-refractivity contribution < 1.29 is 23.4 Å². The molecule has 1 heterocycles. The van der Waals surface area contributed by atoms with Crippen molar-refractivity contribution in [1.29, 1.82) is 0 Å². The number of fused-ring (bicyclic) bond motifs is 1. The van der Waals surface area contributed by atoms with E-state index >= 15 is 0 Å². The zero-order valence-electron chi connectivity index (χ0n) is 17.0. The lowest BCUT2D eigenvalue weighted by molar-refractivity contribution is -0.144. The molecule has 0 bridgehead atoms. The Morgan fingerprint density at radius 1 is 0.931 bits per heavy atom. The van der Waals surface area contributed by atoms with E-state index in [0.717, 1.165) is 22.1 Å². The highest BCUT2D eigenvalue weighted by molar-refractivity contribution is 5.82. The topological polar surface area (TPSA) is 75.0 Å². The molecule has 3 aromatic rings. The molecule has 0 saturated carbocycles. The largest absolute Gasteiger partial charge is 0.497 e. The van der Waals surface area contributed by atoms with E-state index in [0.29, 0.717) is 29.1 Å². The first kappa shape index (κ1) is 20.5. The normalized spacial score (nSPS) is 10.8. The molecule has 0 saturated heterocycles. The molecule has 29 heavy (non-hydrogen) atoms. The van der Waals surface area contributed by atoms with Crippen LogP contribution in [0.2, 0.25) is 0 Å². The van der Waals surface area contributed by atoms with Crippen molar-refractivity contribution in [1.82, 2.24) is 0 Å². The Morgan fingerprint density at radius 2 is 1.59 bits per heavy atom. The smallest absolute Gasteiger partial charge is 0.336 e. The van der Waals surface area contributed by atoms with Crippen LogP contribution in [0.3, 0.4) is 0 Å². The molecule has 2 aromatic carbocycles. The molecule has 0 unspecified atom stereocenters. The molecule has 3 rings (SSSR count). The van der Waals surface area contributed by atoms with Gasteiger partial charge in [-0.15, -0.1) is 0 Å². The molecule has 0 aliphatic heterocycles. The van der Waals surface area contributed by atoms with Crippen molar-refractivity contribution in [3.63, 3.8) is 0 Å². The van der Waals surface area contributed by atoms with Gasteiger partial charge in [0.15, 0.2) is 0 Å². The summed E-state index contributed by atoms with van der Waals surface area (Å²) in [6, 6.07) is 10.6. The second kappa shape index (κ2) is 8.82. The van der Waals surface area contributed by atoms with Crippen molar-refractivity contribution in [2.24, 2.45) is 0 Å². The minimum atomic E-state index is -0.463. The third kappa shape index (κ3) is 4.96. The van der Waals surface area contributed by atoms with Crippen molar-refractivity contribution in [3.05, 3.63) is 69.1 Å². The highest BCUT2D eigenvalue weighted by Gasteiger charge is 2.11. The Hall–Kier alpha value is -3.28. The number of hydrogen-bond donors (Lipinski definition) is 0. The third-order valence-electron chi connectivity index (χ3n) is 4.86. The number of ether oxygens (including phenoxy) is 3. The highest BCUT2D eigenvalue weighted by atomic mass is 16.5. The fourth-order valence-electron chi connectivity index (χ4n) is 3.09. The first-order valence-electron chi connectivity index (χ1n) is 9.31. The van der Waals surface area contributed by atoms with Gasteiger partial charge in [0.2, 0.25) is 0 Å². The van der Waals surface area contributed by atoms with Crippen LogP contribution in [0.15, 0.2) is 45.6 Å². The number of carbonyl (C=O) groups excluding carboxylic acids is 1. The lowest BCUT2D eigenvalue weighted by atomic mass is 10.0. The molecule has 1 aromatic heterocycles. The Bertz CT molecular complexity index is 1070. The van der Waals surface area contributed by atoms with Gasteiger partial charge in [-0.25, -0.2) is 4.79 Å². The fraction of sp³-hybridized carbons (Fsp3) is 0.304. The van der Waals surface area contributed by atoms with Crippen LogP contribution >= 0.6 is 0 Å². The predicted molar refractivity (Wildman–Crippen MR) is 110 cm³/mol. The molecule has 0 radical (unpaired) electrons. The van der Waals surface area contributed by atoms with Gasteiger partial charge in [0.25, 0.3) is 0 Å². The SMILES string of the molecule is COc1cc(CCC(=O)OCc2cc(=O)oc3cc(C)c(C)cc23)cc(OC)c1. The Kier molecular flexibility index (Phi) is 6.22. The van der Waals surface area contributed by atoms with E-state index in [9.17, 15) is 9.59 Å². The van der Waals surface area contributed by atoms with Gasteiger partial charge in [0, 0.05) is 29.5 Å². The molecule has 152 valence electrons. The maximum atomic E-state index is 12.3. The number of methoxy groups -OCH3 is 2. The quantitative estimate of drug-likeness (QED) is 0.442. The summed E-state index contributed by atoms with van der Waals surface area (Å²) in [5, 5.41) is 0.776. The zero-order chi connectivity index (χ0) is 21.0. The molecular formula is C23H24O6. The van der Waals surface area contributed by atoms with Crippen LogP contribution in [0.4, 0.5) is 0 Å². The molecule has 0 N–H and O–H groups in total. The Balaban J connectivity index is 1.68. The fourth-order valence-corrected chi connectivity index (χ4v) is 3.09. The molecule has 0 spiro atoms. The minimum absolute atomic E-state index is 0.0187. The average molecular weight is 396 g/mol. The summed E-state index contributed by atoms with van der Waals surface area (Å²) in [6.07, 6.45) is 0.691. The van der Waals surface area contributed by atoms with Gasteiger partial charge in [0.05, 0.1) is 14.2 Å². The summed E-state index contributed by atoms with van der Waals surface area (Å²) >= 11 is 0. The van der Waals surface area contributed by atoms with Gasteiger partial charge >= 0.3 is 11.6 Å². The monoisotopic (exact) mass is 396 g/mol. The van der Waals surface area contributed by atoms with Crippen molar-refractivity contribution in [2.75, 3.05) is 14.2 Å². The van der Waals surface area contributed by atoms with Crippen LogP contribution in [0.25, 0.3) is 11.0 Å². The summed E-state index contributed by atoms with van der Waals surface area (Å²) in [6.45, 7) is 3.96. The van der Waals surface area contributed by atoms with E-state index in [-0.39, 0.29) is 19.0 Å². The number of hydrogen-bond acceptors (Lipinski definition) is 6. The lowest BCUT2D eigenvalue weighted by Gasteiger charge is -2.10. The summed E-state index contributed by atoms with van der Waals surface area (Å²) in [7, 11) is 3.16. The van der Waals surface area contributed by atoms with Gasteiger partial charge in [-0.3, -0.25) is 4.79 Å². The van der Waals surface area contributed by atoms with Crippen LogP contribution in [0.1, 0.15) is 28.7 Å². The van der Waals surface area contributed by atoms with Gasteiger partial charge in [-0.05, 0) is 61.2 Å². The van der Waals surface area contributed by atoms with E-state index in [1.54, 1.807) is 20.3 Å². The second-order valence-corrected chi connectivity index (χ2v) is 6.90. The van der Waals surface area contributed by atoms with E-state index < -0.39 is 5.63 Å². The number of carbonyl (C=O) groups is 1. The Morgan fingerprint density at radius 3 is 2.24 bits per heavy atom. The maximum Gasteiger partial charge on any atom is 0.336 e. The standard InChI is InChI=1S/C23H24O6/c1-14-7-20-17(11-23(25)29-21(20)8-15(14)2)13-28-22(24)6-5-16-9-18(26-3)12-19(10-16)27-4/h7-12H,5-6,13H2,1-4H3. The third-order valence-corrected chi connectivity index (χ3v) is 4.86. The average Bonchev–Trinajstić information content (AvgIpc) is 2.71. The molecule has 6 heteroatoms. The van der Waals surface area contributed by atoms with Crippen molar-refractivity contribution in [2.45, 2.75) is 33.3 Å². The molecule has 0 aliphatic carbocycles. The summed E-state index contributed by atoms with van der Waals surface area (Å²) in [4.78, 5) is 24.1. The van der Waals surface area contributed by atoms with E-state index in [1.807, 2.05) is 38.1 Å². The van der Waals surface area contributed by atoms with E-state index in [2.05, 4.69) is 0 Å². The Labute approximate surface area is 169 Å². The predicted octanol–water partition coefficient (Wildman–Crippen LogP) is 4.10. The summed E-state index contributed by atoms with van der Waals surface area (Å²) < 4.78 is 21.2. The van der Waals surface area contributed by atoms with Crippen LogP contribution in [-0.4, -0.2) is 20.2 Å². The molecule has 0 aliphatic rings. The first-order chi connectivity index (χ1) is 13.9. The highest BCUT2D eigenvalue weighted by Crippen LogP contribution is 2.24.